The van der Waals surface area contributed by atoms with Crippen LogP contribution >= 0.6 is 0 Å². The van der Waals surface area contributed by atoms with Gasteiger partial charge in [0.05, 0.1) is 11.5 Å². The predicted molar refractivity (Wildman–Crippen MR) is 82.6 cm³/mol. The van der Waals surface area contributed by atoms with Crippen molar-refractivity contribution in [1.29, 1.82) is 0 Å². The number of carbonyl (C=O) groups is 1. The number of anilines is 1. The van der Waals surface area contributed by atoms with Crippen LogP contribution in [0, 0.1) is 10.1 Å². The van der Waals surface area contributed by atoms with Crippen LogP contribution in [0.4, 0.5) is 11.4 Å². The number of aliphatic hydroxyl groups excluding tert-OH is 1. The molecule has 1 amide bonds. The smallest absolute Gasteiger partial charge is 0.292 e. The molecule has 7 heteroatoms. The van der Waals surface area contributed by atoms with Crippen LogP contribution in [0.15, 0.2) is 24.3 Å². The van der Waals surface area contributed by atoms with E-state index in [-0.39, 0.29) is 36.5 Å². The number of amides is 1. The minimum absolute atomic E-state index is 0.104. The SMILES string of the molecule is O=C(CN1CCCCC1CCO)Nc1ccccc1[N+](=O)[O-]. The van der Waals surface area contributed by atoms with Crippen molar-refractivity contribution >= 4 is 17.3 Å². The molecule has 22 heavy (non-hydrogen) atoms. The maximum absolute atomic E-state index is 12.2. The summed E-state index contributed by atoms with van der Waals surface area (Å²) in [5.41, 5.74) is 0.106. The van der Waals surface area contributed by atoms with E-state index in [1.807, 2.05) is 4.90 Å². The number of aliphatic hydroxyl groups is 1. The lowest BCUT2D eigenvalue weighted by atomic mass is 9.99. The maximum atomic E-state index is 12.2. The second kappa shape index (κ2) is 7.86. The number of likely N-dealkylation sites (tertiary alicyclic amines) is 1. The summed E-state index contributed by atoms with van der Waals surface area (Å²) in [6, 6.07) is 6.31. The van der Waals surface area contributed by atoms with Gasteiger partial charge in [0.1, 0.15) is 5.69 Å². The van der Waals surface area contributed by atoms with Crippen molar-refractivity contribution in [3.05, 3.63) is 34.4 Å². The Morgan fingerprint density at radius 1 is 1.41 bits per heavy atom. The minimum Gasteiger partial charge on any atom is -0.396 e. The van der Waals surface area contributed by atoms with Crippen molar-refractivity contribution in [2.75, 3.05) is 25.0 Å². The molecule has 1 unspecified atom stereocenters. The van der Waals surface area contributed by atoms with E-state index in [9.17, 15) is 14.9 Å². The summed E-state index contributed by atoms with van der Waals surface area (Å²) in [6.07, 6.45) is 3.76. The monoisotopic (exact) mass is 307 g/mol. The number of benzene rings is 1. The molecule has 0 aliphatic carbocycles. The molecule has 0 saturated carbocycles. The summed E-state index contributed by atoms with van der Waals surface area (Å²) in [4.78, 5) is 24.7. The van der Waals surface area contributed by atoms with Gasteiger partial charge in [0.2, 0.25) is 5.91 Å². The number of nitro groups is 1. The van der Waals surface area contributed by atoms with E-state index in [1.54, 1.807) is 12.1 Å². The first-order chi connectivity index (χ1) is 10.6. The normalized spacial score (nSPS) is 18.9. The molecule has 1 atom stereocenters. The van der Waals surface area contributed by atoms with Gasteiger partial charge in [-0.05, 0) is 31.9 Å². The topological polar surface area (TPSA) is 95.7 Å². The van der Waals surface area contributed by atoms with Crippen LogP contribution < -0.4 is 5.32 Å². The van der Waals surface area contributed by atoms with Crippen LogP contribution in [0.25, 0.3) is 0 Å². The number of hydrogen-bond acceptors (Lipinski definition) is 5. The summed E-state index contributed by atoms with van der Waals surface area (Å²) in [5.74, 6) is -0.265. The average Bonchev–Trinajstić information content (AvgIpc) is 2.50. The number of nitrogens with zero attached hydrogens (tertiary/aromatic N) is 2. The molecule has 0 spiro atoms. The fourth-order valence-corrected chi connectivity index (χ4v) is 2.86. The van der Waals surface area contributed by atoms with Crippen LogP contribution in [-0.2, 0) is 4.79 Å². The average molecular weight is 307 g/mol. The van der Waals surface area contributed by atoms with Gasteiger partial charge in [0.15, 0.2) is 0 Å². The first-order valence-electron chi connectivity index (χ1n) is 7.50. The Balaban J connectivity index is 1.99. The van der Waals surface area contributed by atoms with Gasteiger partial charge in [0.25, 0.3) is 5.69 Å². The third-order valence-electron chi connectivity index (χ3n) is 3.93. The zero-order valence-electron chi connectivity index (χ0n) is 12.4. The highest BCUT2D eigenvalue weighted by atomic mass is 16.6. The predicted octanol–water partition coefficient (Wildman–Crippen LogP) is 1.77. The van der Waals surface area contributed by atoms with Crippen molar-refractivity contribution in [2.45, 2.75) is 31.7 Å². The molecule has 1 fully saturated rings. The zero-order chi connectivity index (χ0) is 15.9. The number of hydrogen-bond donors (Lipinski definition) is 2. The fourth-order valence-electron chi connectivity index (χ4n) is 2.86. The lowest BCUT2D eigenvalue weighted by molar-refractivity contribution is -0.383. The van der Waals surface area contributed by atoms with Crippen molar-refractivity contribution < 1.29 is 14.8 Å². The summed E-state index contributed by atoms with van der Waals surface area (Å²) >= 11 is 0. The molecule has 0 aromatic heterocycles. The summed E-state index contributed by atoms with van der Waals surface area (Å²) in [5, 5.41) is 22.7. The number of rotatable bonds is 6. The first-order valence-corrected chi connectivity index (χ1v) is 7.50. The molecule has 2 N–H and O–H groups in total. The van der Waals surface area contributed by atoms with E-state index in [0.717, 1.165) is 25.8 Å². The second-order valence-corrected chi connectivity index (χ2v) is 5.45. The molecular weight excluding hydrogens is 286 g/mol. The van der Waals surface area contributed by atoms with Gasteiger partial charge in [0, 0.05) is 18.7 Å². The van der Waals surface area contributed by atoms with Crippen LogP contribution in [0.1, 0.15) is 25.7 Å². The first kappa shape index (κ1) is 16.4. The third kappa shape index (κ3) is 4.25. The Hall–Kier alpha value is -1.99. The van der Waals surface area contributed by atoms with Gasteiger partial charge in [-0.25, -0.2) is 0 Å². The molecule has 1 aliphatic rings. The summed E-state index contributed by atoms with van der Waals surface area (Å²) in [6.45, 7) is 1.11. The molecular formula is C15H21N3O4. The number of piperidine rings is 1. The van der Waals surface area contributed by atoms with Crippen molar-refractivity contribution in [3.8, 4) is 0 Å². The Kier molecular flexibility index (Phi) is 5.85. The van der Waals surface area contributed by atoms with Crippen molar-refractivity contribution in [3.63, 3.8) is 0 Å². The van der Waals surface area contributed by atoms with Gasteiger partial charge < -0.3 is 10.4 Å². The maximum Gasteiger partial charge on any atom is 0.292 e. The summed E-state index contributed by atoms with van der Waals surface area (Å²) < 4.78 is 0. The van der Waals surface area contributed by atoms with E-state index in [1.165, 1.54) is 12.1 Å². The Labute approximate surface area is 129 Å². The van der Waals surface area contributed by atoms with Crippen LogP contribution in [0.2, 0.25) is 0 Å². The van der Waals surface area contributed by atoms with Crippen LogP contribution in [0.3, 0.4) is 0 Å². The van der Waals surface area contributed by atoms with E-state index in [2.05, 4.69) is 5.32 Å². The standard InChI is InChI=1S/C15H21N3O4/c19-10-8-12-5-3-4-9-17(12)11-15(20)16-13-6-1-2-7-14(13)18(21)22/h1-2,6-7,12,19H,3-5,8-11H2,(H,16,20). The number of nitro benzene ring substituents is 1. The van der Waals surface area contributed by atoms with Gasteiger partial charge in [-0.1, -0.05) is 18.6 Å². The van der Waals surface area contributed by atoms with Crippen LogP contribution in [0.5, 0.6) is 0 Å². The second-order valence-electron chi connectivity index (χ2n) is 5.45. The molecule has 7 nitrogen and oxygen atoms in total. The highest BCUT2D eigenvalue weighted by Gasteiger charge is 2.24. The lowest BCUT2D eigenvalue weighted by Crippen LogP contribution is -2.44. The van der Waals surface area contributed by atoms with E-state index >= 15 is 0 Å². The molecule has 1 saturated heterocycles. The number of carbonyl (C=O) groups excluding carboxylic acids is 1. The molecule has 120 valence electrons. The Bertz CT molecular complexity index is 533. The van der Waals surface area contributed by atoms with Gasteiger partial charge >= 0.3 is 0 Å². The van der Waals surface area contributed by atoms with Crippen molar-refractivity contribution in [1.82, 2.24) is 4.90 Å². The Morgan fingerprint density at radius 2 is 2.18 bits per heavy atom. The van der Waals surface area contributed by atoms with E-state index in [4.69, 9.17) is 5.11 Å². The number of para-hydroxylation sites is 2. The molecule has 1 aromatic carbocycles. The Morgan fingerprint density at radius 3 is 2.91 bits per heavy atom. The highest BCUT2D eigenvalue weighted by Crippen LogP contribution is 2.24. The number of nitrogens with one attached hydrogen (secondary N) is 1. The third-order valence-corrected chi connectivity index (χ3v) is 3.93. The summed E-state index contributed by atoms with van der Waals surface area (Å²) in [7, 11) is 0. The lowest BCUT2D eigenvalue weighted by Gasteiger charge is -2.34. The molecule has 0 bridgehead atoms. The molecule has 1 aromatic rings. The molecule has 1 heterocycles. The van der Waals surface area contributed by atoms with Gasteiger partial charge in [-0.2, -0.15) is 0 Å². The zero-order valence-corrected chi connectivity index (χ0v) is 12.4. The van der Waals surface area contributed by atoms with Crippen LogP contribution in [-0.4, -0.2) is 46.6 Å². The highest BCUT2D eigenvalue weighted by molar-refractivity contribution is 5.94. The largest absolute Gasteiger partial charge is 0.396 e. The quantitative estimate of drug-likeness (QED) is 0.617. The molecule has 2 rings (SSSR count). The van der Waals surface area contributed by atoms with Gasteiger partial charge in [-0.15, -0.1) is 0 Å². The fraction of sp³-hybridized carbons (Fsp3) is 0.533. The minimum atomic E-state index is -0.509. The van der Waals surface area contributed by atoms with E-state index in [0.29, 0.717) is 6.42 Å². The van der Waals surface area contributed by atoms with Crippen molar-refractivity contribution in [2.24, 2.45) is 0 Å². The van der Waals surface area contributed by atoms with Gasteiger partial charge in [-0.3, -0.25) is 19.8 Å². The van der Waals surface area contributed by atoms with E-state index < -0.39 is 4.92 Å². The molecule has 0 radical (unpaired) electrons. The molecule has 1 aliphatic heterocycles.